The SMILES string of the molecule is COc1nc(C)cc(O[C@@H]2CC[C@H](N)C2)c1-c1cc(Nc2cnc(C#N)cn2)n[nH]1. The van der Waals surface area contributed by atoms with Crippen LogP contribution in [-0.4, -0.2) is 44.4 Å². The first-order valence-electron chi connectivity index (χ1n) is 9.58. The zero-order chi connectivity index (χ0) is 21.1. The highest BCUT2D eigenvalue weighted by molar-refractivity contribution is 5.75. The molecule has 4 rings (SSSR count). The molecule has 0 unspecified atom stereocenters. The Labute approximate surface area is 173 Å². The van der Waals surface area contributed by atoms with Crippen molar-refractivity contribution in [3.05, 3.63) is 35.9 Å². The van der Waals surface area contributed by atoms with E-state index in [2.05, 4.69) is 30.5 Å². The summed E-state index contributed by atoms with van der Waals surface area (Å²) in [7, 11) is 1.57. The van der Waals surface area contributed by atoms with E-state index >= 15 is 0 Å². The van der Waals surface area contributed by atoms with Crippen LogP contribution in [0, 0.1) is 18.3 Å². The van der Waals surface area contributed by atoms with Crippen LogP contribution < -0.4 is 20.5 Å². The lowest BCUT2D eigenvalue weighted by atomic mass is 10.1. The Bertz CT molecular complexity index is 1070. The van der Waals surface area contributed by atoms with Crippen LogP contribution in [0.1, 0.15) is 30.7 Å². The number of aryl methyl sites for hydroxylation is 1. The molecular formula is C20H22N8O2. The molecule has 1 aliphatic carbocycles. The summed E-state index contributed by atoms with van der Waals surface area (Å²) in [6.07, 6.45) is 5.60. The number of ether oxygens (including phenoxy) is 2. The van der Waals surface area contributed by atoms with Crippen molar-refractivity contribution in [2.24, 2.45) is 5.73 Å². The molecule has 4 N–H and O–H groups in total. The number of anilines is 2. The molecule has 1 saturated carbocycles. The van der Waals surface area contributed by atoms with Crippen molar-refractivity contribution in [2.75, 3.05) is 12.4 Å². The largest absolute Gasteiger partial charge is 0.489 e. The van der Waals surface area contributed by atoms with Gasteiger partial charge in [0.25, 0.3) is 0 Å². The van der Waals surface area contributed by atoms with Gasteiger partial charge in [0, 0.05) is 23.9 Å². The summed E-state index contributed by atoms with van der Waals surface area (Å²) in [6, 6.07) is 5.80. The number of methoxy groups -OCH3 is 1. The Hall–Kier alpha value is -3.71. The lowest BCUT2D eigenvalue weighted by Gasteiger charge is -2.18. The molecule has 0 radical (unpaired) electrons. The van der Waals surface area contributed by atoms with Gasteiger partial charge in [-0.05, 0) is 26.2 Å². The number of hydrogen-bond acceptors (Lipinski definition) is 9. The molecule has 154 valence electrons. The molecule has 0 aliphatic heterocycles. The highest BCUT2D eigenvalue weighted by Gasteiger charge is 2.26. The average Bonchev–Trinajstić information content (AvgIpc) is 3.37. The Morgan fingerprint density at radius 1 is 1.23 bits per heavy atom. The van der Waals surface area contributed by atoms with Crippen LogP contribution in [0.3, 0.4) is 0 Å². The van der Waals surface area contributed by atoms with Crippen molar-refractivity contribution >= 4 is 11.6 Å². The first kappa shape index (κ1) is 19.6. The van der Waals surface area contributed by atoms with E-state index in [-0.39, 0.29) is 17.8 Å². The first-order chi connectivity index (χ1) is 14.6. The summed E-state index contributed by atoms with van der Waals surface area (Å²) in [4.78, 5) is 12.6. The molecule has 30 heavy (non-hydrogen) atoms. The van der Waals surface area contributed by atoms with Gasteiger partial charge >= 0.3 is 0 Å². The van der Waals surface area contributed by atoms with Crippen molar-refractivity contribution in [3.8, 4) is 29.0 Å². The van der Waals surface area contributed by atoms with Gasteiger partial charge in [0.05, 0.1) is 25.2 Å². The monoisotopic (exact) mass is 406 g/mol. The van der Waals surface area contributed by atoms with Crippen molar-refractivity contribution in [3.63, 3.8) is 0 Å². The number of nitrogens with two attached hydrogens (primary N) is 1. The van der Waals surface area contributed by atoms with Crippen LogP contribution in [0.2, 0.25) is 0 Å². The summed E-state index contributed by atoms with van der Waals surface area (Å²) in [5, 5.41) is 19.2. The Morgan fingerprint density at radius 3 is 2.77 bits per heavy atom. The molecule has 10 heteroatoms. The van der Waals surface area contributed by atoms with E-state index in [1.165, 1.54) is 12.4 Å². The topological polar surface area (TPSA) is 148 Å². The molecule has 1 fully saturated rings. The van der Waals surface area contributed by atoms with Gasteiger partial charge in [-0.2, -0.15) is 10.4 Å². The second-order valence-electron chi connectivity index (χ2n) is 7.15. The summed E-state index contributed by atoms with van der Waals surface area (Å²) in [5.74, 6) is 2.12. The molecule has 0 saturated heterocycles. The number of H-pyrrole nitrogens is 1. The fourth-order valence-electron chi connectivity index (χ4n) is 3.46. The number of hydrogen-bond donors (Lipinski definition) is 3. The van der Waals surface area contributed by atoms with E-state index in [1.807, 2.05) is 25.1 Å². The quantitative estimate of drug-likeness (QED) is 0.561. The number of nitriles is 1. The van der Waals surface area contributed by atoms with E-state index in [4.69, 9.17) is 20.5 Å². The van der Waals surface area contributed by atoms with E-state index in [9.17, 15) is 0 Å². The molecule has 1 aliphatic rings. The number of nitrogens with one attached hydrogen (secondary N) is 2. The number of aromatic amines is 1. The van der Waals surface area contributed by atoms with Crippen LogP contribution >= 0.6 is 0 Å². The molecule has 3 heterocycles. The van der Waals surface area contributed by atoms with Gasteiger partial charge in [-0.1, -0.05) is 0 Å². The minimum absolute atomic E-state index is 0.0553. The van der Waals surface area contributed by atoms with Crippen molar-refractivity contribution < 1.29 is 9.47 Å². The minimum atomic E-state index is 0.0553. The number of pyridine rings is 1. The van der Waals surface area contributed by atoms with Crippen molar-refractivity contribution in [1.82, 2.24) is 25.1 Å². The lowest BCUT2D eigenvalue weighted by Crippen LogP contribution is -2.19. The van der Waals surface area contributed by atoms with Crippen LogP contribution in [0.25, 0.3) is 11.3 Å². The molecular weight excluding hydrogens is 384 g/mol. The maximum atomic E-state index is 8.83. The molecule has 3 aromatic rings. The fourth-order valence-corrected chi connectivity index (χ4v) is 3.46. The van der Waals surface area contributed by atoms with Gasteiger partial charge in [0.15, 0.2) is 11.5 Å². The van der Waals surface area contributed by atoms with Crippen molar-refractivity contribution in [1.29, 1.82) is 5.26 Å². The number of rotatable bonds is 6. The van der Waals surface area contributed by atoms with Crippen LogP contribution in [-0.2, 0) is 0 Å². The molecule has 10 nitrogen and oxygen atoms in total. The third kappa shape index (κ3) is 4.16. The summed E-state index contributed by atoms with van der Waals surface area (Å²) >= 11 is 0. The van der Waals surface area contributed by atoms with Gasteiger partial charge in [-0.25, -0.2) is 15.0 Å². The van der Waals surface area contributed by atoms with Crippen LogP contribution in [0.4, 0.5) is 11.6 Å². The van der Waals surface area contributed by atoms with E-state index in [1.54, 1.807) is 7.11 Å². The lowest BCUT2D eigenvalue weighted by molar-refractivity contribution is 0.208. The Kier molecular flexibility index (Phi) is 5.45. The molecule has 0 amide bonds. The van der Waals surface area contributed by atoms with Gasteiger partial charge in [-0.15, -0.1) is 0 Å². The third-order valence-corrected chi connectivity index (χ3v) is 4.86. The van der Waals surface area contributed by atoms with Gasteiger partial charge < -0.3 is 20.5 Å². The molecule has 0 aromatic carbocycles. The maximum absolute atomic E-state index is 8.83. The molecule has 0 bridgehead atoms. The van der Waals surface area contributed by atoms with Gasteiger partial charge in [-0.3, -0.25) is 5.10 Å². The predicted octanol–water partition coefficient (Wildman–Crippen LogP) is 2.45. The highest BCUT2D eigenvalue weighted by atomic mass is 16.5. The molecule has 3 aromatic heterocycles. The Morgan fingerprint density at radius 2 is 2.10 bits per heavy atom. The van der Waals surface area contributed by atoms with Crippen LogP contribution in [0.15, 0.2) is 24.5 Å². The maximum Gasteiger partial charge on any atom is 0.226 e. The summed E-state index contributed by atoms with van der Waals surface area (Å²) in [6.45, 7) is 1.89. The zero-order valence-corrected chi connectivity index (χ0v) is 16.7. The Balaban J connectivity index is 1.63. The smallest absolute Gasteiger partial charge is 0.226 e. The average molecular weight is 406 g/mol. The van der Waals surface area contributed by atoms with E-state index in [0.29, 0.717) is 34.5 Å². The fraction of sp³-hybridized carbons (Fsp3) is 0.350. The number of nitrogens with zero attached hydrogens (tertiary/aromatic N) is 5. The van der Waals surface area contributed by atoms with Crippen molar-refractivity contribution in [2.45, 2.75) is 38.3 Å². The van der Waals surface area contributed by atoms with E-state index in [0.717, 1.165) is 25.0 Å². The predicted molar refractivity (Wildman–Crippen MR) is 109 cm³/mol. The second kappa shape index (κ2) is 8.34. The highest BCUT2D eigenvalue weighted by Crippen LogP contribution is 2.39. The normalized spacial score (nSPS) is 18.1. The second-order valence-corrected chi connectivity index (χ2v) is 7.15. The first-order valence-corrected chi connectivity index (χ1v) is 9.58. The summed E-state index contributed by atoms with van der Waals surface area (Å²) in [5.41, 5.74) is 8.44. The molecule has 0 spiro atoms. The minimum Gasteiger partial charge on any atom is -0.489 e. The number of aromatic nitrogens is 5. The van der Waals surface area contributed by atoms with Crippen LogP contribution in [0.5, 0.6) is 11.6 Å². The standard InChI is InChI=1S/C20H22N8O2/c1-11-5-16(30-14-4-3-12(22)6-14)19(20(25-11)29-2)15-7-17(28-27-15)26-18-10-23-13(8-21)9-24-18/h5,7,9-10,12,14H,3-4,6,22H2,1-2H3,(H2,24,26,27,28)/t12-,14+/m0/s1. The van der Waals surface area contributed by atoms with Gasteiger partial charge in [0.1, 0.15) is 29.3 Å². The van der Waals surface area contributed by atoms with E-state index < -0.39 is 0 Å². The third-order valence-electron chi connectivity index (χ3n) is 4.86. The summed E-state index contributed by atoms with van der Waals surface area (Å²) < 4.78 is 11.8. The molecule has 2 atom stereocenters. The zero-order valence-electron chi connectivity index (χ0n) is 16.7. The van der Waals surface area contributed by atoms with Gasteiger partial charge in [0.2, 0.25) is 5.88 Å².